The average Bonchev–Trinajstić information content (AvgIpc) is 2.25. The Kier molecular flexibility index (Phi) is 5.61. The minimum absolute atomic E-state index is 0.0239. The topological polar surface area (TPSA) is 49.3 Å². The van der Waals surface area contributed by atoms with Gasteiger partial charge >= 0.3 is 0 Å². The first-order chi connectivity index (χ1) is 8.15. The number of rotatable bonds is 3. The van der Waals surface area contributed by atoms with Crippen molar-refractivity contribution in [2.24, 2.45) is 0 Å². The van der Waals surface area contributed by atoms with E-state index in [1.54, 1.807) is 6.07 Å². The summed E-state index contributed by atoms with van der Waals surface area (Å²) in [6, 6.07) is 5.60. The Morgan fingerprint density at radius 2 is 2.24 bits per heavy atom. The fourth-order valence-electron chi connectivity index (χ4n) is 1.40. The fourth-order valence-corrected chi connectivity index (χ4v) is 1.73. The highest BCUT2D eigenvalue weighted by molar-refractivity contribution is 7.99. The maximum Gasteiger partial charge on any atom is 0.234 e. The van der Waals surface area contributed by atoms with E-state index in [1.807, 2.05) is 25.3 Å². The van der Waals surface area contributed by atoms with E-state index in [0.717, 1.165) is 16.8 Å². The quantitative estimate of drug-likeness (QED) is 0.801. The number of carbonyl (C=O) groups excluding carboxylic acids is 1. The van der Waals surface area contributed by atoms with Gasteiger partial charge in [-0.05, 0) is 36.9 Å². The van der Waals surface area contributed by atoms with Gasteiger partial charge in [0.2, 0.25) is 5.91 Å². The zero-order valence-electron chi connectivity index (χ0n) is 9.91. The van der Waals surface area contributed by atoms with Crippen molar-refractivity contribution in [1.82, 2.24) is 0 Å². The first-order valence-corrected chi connectivity index (χ1v) is 6.55. The molecule has 1 amide bonds. The molecule has 0 aliphatic heterocycles. The van der Waals surface area contributed by atoms with Gasteiger partial charge in [0, 0.05) is 11.3 Å². The summed E-state index contributed by atoms with van der Waals surface area (Å²) in [5.41, 5.74) is 2.55. The summed E-state index contributed by atoms with van der Waals surface area (Å²) >= 11 is 1.48. The van der Waals surface area contributed by atoms with Crippen LogP contribution in [0.4, 0.5) is 5.69 Å². The maximum atomic E-state index is 11.4. The second-order valence-electron chi connectivity index (χ2n) is 3.53. The van der Waals surface area contributed by atoms with Gasteiger partial charge in [-0.2, -0.15) is 11.8 Å². The van der Waals surface area contributed by atoms with Crippen molar-refractivity contribution in [2.45, 2.75) is 6.92 Å². The minimum Gasteiger partial charge on any atom is -0.384 e. The van der Waals surface area contributed by atoms with Gasteiger partial charge in [-0.1, -0.05) is 11.8 Å². The highest BCUT2D eigenvalue weighted by atomic mass is 32.2. The number of amides is 1. The number of hydrogen-bond donors (Lipinski definition) is 2. The standard InChI is InChI=1S/C13H15NO2S/c1-10-6-11(4-3-5-15)8-12(7-10)14-13(16)9-17-2/h6-8,15H,5,9H2,1-2H3,(H,14,16). The maximum absolute atomic E-state index is 11.4. The first-order valence-electron chi connectivity index (χ1n) is 5.16. The van der Waals surface area contributed by atoms with Gasteiger partial charge in [-0.15, -0.1) is 0 Å². The summed E-state index contributed by atoms with van der Waals surface area (Å²) in [5, 5.41) is 11.4. The van der Waals surface area contributed by atoms with Crippen LogP contribution in [-0.2, 0) is 4.79 Å². The predicted octanol–water partition coefficient (Wildman–Crippen LogP) is 1.64. The third-order valence-electron chi connectivity index (χ3n) is 1.95. The highest BCUT2D eigenvalue weighted by Crippen LogP contribution is 2.14. The molecule has 0 spiro atoms. The molecule has 1 aromatic carbocycles. The molecule has 0 heterocycles. The van der Waals surface area contributed by atoms with E-state index in [2.05, 4.69) is 17.2 Å². The number of hydrogen-bond acceptors (Lipinski definition) is 3. The molecule has 17 heavy (non-hydrogen) atoms. The summed E-state index contributed by atoms with van der Waals surface area (Å²) in [5.74, 6) is 5.82. The molecule has 1 rings (SSSR count). The molecule has 0 atom stereocenters. The van der Waals surface area contributed by atoms with Gasteiger partial charge < -0.3 is 10.4 Å². The lowest BCUT2D eigenvalue weighted by Crippen LogP contribution is -2.13. The number of aryl methyl sites for hydroxylation is 1. The van der Waals surface area contributed by atoms with Crippen molar-refractivity contribution in [3.05, 3.63) is 29.3 Å². The van der Waals surface area contributed by atoms with Crippen molar-refractivity contribution >= 4 is 23.4 Å². The molecule has 0 aliphatic carbocycles. The zero-order valence-corrected chi connectivity index (χ0v) is 10.7. The first kappa shape index (κ1) is 13.6. The highest BCUT2D eigenvalue weighted by Gasteiger charge is 2.02. The van der Waals surface area contributed by atoms with Crippen molar-refractivity contribution in [3.63, 3.8) is 0 Å². The zero-order chi connectivity index (χ0) is 12.7. The lowest BCUT2D eigenvalue weighted by atomic mass is 10.1. The van der Waals surface area contributed by atoms with Crippen LogP contribution in [0.15, 0.2) is 18.2 Å². The van der Waals surface area contributed by atoms with E-state index in [1.165, 1.54) is 11.8 Å². The molecule has 3 nitrogen and oxygen atoms in total. The molecule has 1 aromatic rings. The molecule has 0 aliphatic rings. The van der Waals surface area contributed by atoms with Crippen molar-refractivity contribution in [3.8, 4) is 11.8 Å². The Hall–Kier alpha value is -1.44. The monoisotopic (exact) mass is 249 g/mol. The van der Waals surface area contributed by atoms with Gasteiger partial charge in [0.05, 0.1) is 5.75 Å². The number of carbonyl (C=O) groups is 1. The number of anilines is 1. The van der Waals surface area contributed by atoms with Crippen LogP contribution in [0.1, 0.15) is 11.1 Å². The van der Waals surface area contributed by atoms with Gasteiger partial charge in [-0.25, -0.2) is 0 Å². The van der Waals surface area contributed by atoms with Crippen LogP contribution in [0.25, 0.3) is 0 Å². The van der Waals surface area contributed by atoms with Crippen molar-refractivity contribution in [2.75, 3.05) is 23.9 Å². The normalized spacial score (nSPS) is 9.35. The Morgan fingerprint density at radius 3 is 2.88 bits per heavy atom. The summed E-state index contributed by atoms with van der Waals surface area (Å²) in [7, 11) is 0. The van der Waals surface area contributed by atoms with Gasteiger partial charge in [-0.3, -0.25) is 4.79 Å². The molecular weight excluding hydrogens is 234 g/mol. The molecule has 4 heteroatoms. The smallest absolute Gasteiger partial charge is 0.234 e. The van der Waals surface area contributed by atoms with Crippen LogP contribution >= 0.6 is 11.8 Å². The van der Waals surface area contributed by atoms with Gasteiger partial charge in [0.15, 0.2) is 0 Å². The fraction of sp³-hybridized carbons (Fsp3) is 0.308. The second-order valence-corrected chi connectivity index (χ2v) is 4.39. The Morgan fingerprint density at radius 1 is 1.47 bits per heavy atom. The molecule has 0 saturated carbocycles. The molecular formula is C13H15NO2S. The Labute approximate surface area is 106 Å². The van der Waals surface area contributed by atoms with E-state index >= 15 is 0 Å². The third kappa shape index (κ3) is 4.94. The Balaban J connectivity index is 2.85. The summed E-state index contributed by atoms with van der Waals surface area (Å²) < 4.78 is 0. The van der Waals surface area contributed by atoms with Crippen LogP contribution in [0, 0.1) is 18.8 Å². The molecule has 90 valence electrons. The van der Waals surface area contributed by atoms with Crippen molar-refractivity contribution < 1.29 is 9.90 Å². The van der Waals surface area contributed by atoms with Gasteiger partial charge in [0.25, 0.3) is 0 Å². The molecule has 0 bridgehead atoms. The van der Waals surface area contributed by atoms with E-state index in [9.17, 15) is 4.79 Å². The largest absolute Gasteiger partial charge is 0.384 e. The van der Waals surface area contributed by atoms with E-state index in [4.69, 9.17) is 5.11 Å². The molecule has 0 fully saturated rings. The number of benzene rings is 1. The van der Waals surface area contributed by atoms with Crippen LogP contribution in [-0.4, -0.2) is 29.6 Å². The van der Waals surface area contributed by atoms with Crippen molar-refractivity contribution in [1.29, 1.82) is 0 Å². The molecule has 0 unspecified atom stereocenters. The number of aliphatic hydroxyl groups excluding tert-OH is 1. The predicted molar refractivity (Wildman–Crippen MR) is 72.2 cm³/mol. The lowest BCUT2D eigenvalue weighted by molar-refractivity contribution is -0.113. The summed E-state index contributed by atoms with van der Waals surface area (Å²) in [6.45, 7) is 1.77. The van der Waals surface area contributed by atoms with E-state index in [-0.39, 0.29) is 12.5 Å². The van der Waals surface area contributed by atoms with Crippen LogP contribution < -0.4 is 5.32 Å². The summed E-state index contributed by atoms with van der Waals surface area (Å²) in [6.07, 6.45) is 1.88. The average molecular weight is 249 g/mol. The minimum atomic E-state index is -0.165. The molecule has 0 radical (unpaired) electrons. The SMILES string of the molecule is CSCC(=O)Nc1cc(C)cc(C#CCO)c1. The van der Waals surface area contributed by atoms with E-state index < -0.39 is 0 Å². The van der Waals surface area contributed by atoms with Crippen LogP contribution in [0.5, 0.6) is 0 Å². The number of thioether (sulfide) groups is 1. The van der Waals surface area contributed by atoms with E-state index in [0.29, 0.717) is 5.75 Å². The second kappa shape index (κ2) is 7.00. The van der Waals surface area contributed by atoms with Crippen LogP contribution in [0.2, 0.25) is 0 Å². The number of nitrogens with one attached hydrogen (secondary N) is 1. The lowest BCUT2D eigenvalue weighted by Gasteiger charge is -2.06. The third-order valence-corrected chi connectivity index (χ3v) is 2.50. The number of aliphatic hydroxyl groups is 1. The molecule has 0 saturated heterocycles. The van der Waals surface area contributed by atoms with Crippen LogP contribution in [0.3, 0.4) is 0 Å². The summed E-state index contributed by atoms with van der Waals surface area (Å²) in [4.78, 5) is 11.4. The van der Waals surface area contributed by atoms with Gasteiger partial charge in [0.1, 0.15) is 6.61 Å². The Bertz CT molecular complexity index is 460. The molecule has 0 aromatic heterocycles. The molecule has 2 N–H and O–H groups in total.